The van der Waals surface area contributed by atoms with Gasteiger partial charge < -0.3 is 29.6 Å². The van der Waals surface area contributed by atoms with Crippen molar-refractivity contribution in [3.8, 4) is 0 Å². The third-order valence-corrected chi connectivity index (χ3v) is 11.0. The van der Waals surface area contributed by atoms with Crippen LogP contribution in [0.5, 0.6) is 0 Å². The number of amides is 3. The summed E-state index contributed by atoms with van der Waals surface area (Å²) in [6.45, 7) is 6.56. The molecule has 3 N–H and O–H groups in total. The predicted molar refractivity (Wildman–Crippen MR) is 180 cm³/mol. The highest BCUT2D eigenvalue weighted by Crippen LogP contribution is 2.59. The Morgan fingerprint density at radius 2 is 1.69 bits per heavy atom. The fourth-order valence-electron chi connectivity index (χ4n) is 6.28. The number of benzene rings is 3. The predicted octanol–water partition coefficient (Wildman–Crippen LogP) is 5.96. The molecule has 4 aromatic rings. The van der Waals surface area contributed by atoms with E-state index in [1.54, 1.807) is 25.7 Å². The second kappa shape index (κ2) is 13.0. The van der Waals surface area contributed by atoms with Gasteiger partial charge in [0.05, 0.1) is 18.0 Å². The molecule has 1 unspecified atom stereocenters. The van der Waals surface area contributed by atoms with E-state index in [0.717, 1.165) is 40.2 Å². The third kappa shape index (κ3) is 6.78. The van der Waals surface area contributed by atoms with E-state index in [1.165, 1.54) is 17.0 Å². The van der Waals surface area contributed by atoms with Gasteiger partial charge in [-0.05, 0) is 45.7 Å². The average molecular weight is 712 g/mol. The van der Waals surface area contributed by atoms with Crippen LogP contribution in [-0.4, -0.2) is 63.0 Å². The van der Waals surface area contributed by atoms with Crippen LogP contribution < -0.4 is 5.32 Å². The number of carbonyl (C=O) groups excluding carboxylic acids is 3. The van der Waals surface area contributed by atoms with Crippen molar-refractivity contribution in [1.82, 2.24) is 15.1 Å². The highest BCUT2D eigenvalue weighted by Gasteiger charge is 2.50. The van der Waals surface area contributed by atoms with Gasteiger partial charge in [-0.25, -0.2) is 0 Å². The molecule has 0 spiro atoms. The lowest BCUT2D eigenvalue weighted by atomic mass is 9.85. The van der Waals surface area contributed by atoms with Crippen LogP contribution in [0.1, 0.15) is 64.8 Å². The molecule has 3 heterocycles. The summed E-state index contributed by atoms with van der Waals surface area (Å²) in [5, 5.41) is 3.03. The van der Waals surface area contributed by atoms with Crippen molar-refractivity contribution in [2.24, 2.45) is 5.41 Å². The fourth-order valence-corrected chi connectivity index (χ4v) is 7.70. The largest absolute Gasteiger partial charge is 0.399 e. The molecule has 14 heteroatoms. The van der Waals surface area contributed by atoms with Gasteiger partial charge in [-0.3, -0.25) is 18.9 Å². The maximum atomic E-state index is 14.5. The average Bonchev–Trinajstić information content (AvgIpc) is 3.68. The van der Waals surface area contributed by atoms with E-state index < -0.39 is 48.1 Å². The summed E-state index contributed by atoms with van der Waals surface area (Å²) in [4.78, 5) is 64.1. The van der Waals surface area contributed by atoms with E-state index in [-0.39, 0.29) is 28.8 Å². The molecule has 2 aliphatic heterocycles. The normalized spacial score (nSPS) is 19.1. The highest BCUT2D eigenvalue weighted by molar-refractivity contribution is 7.52. The summed E-state index contributed by atoms with van der Waals surface area (Å²) >= 11 is 0.993. The maximum Gasteiger partial charge on any atom is 0.399 e. The van der Waals surface area contributed by atoms with Gasteiger partial charge in [-0.2, -0.15) is 8.78 Å². The SMILES string of the molecule is CC(C)(C)[C@H](NC(=O)c1cc2cc(C(F)(F)P(=O)(O)O)ccc2s1)C(=O)N1Cc2ccccc2C1C(=O)N1CCO[C@H](c2ccccc2)C1. The standard InChI is InChI=1S/C35H36F2N3O7PS/c1-34(2,3)30(38-31(41)28-18-23-17-24(13-14-27(23)49-28)35(36,37)48(44,45)46)33(43)40-19-22-11-7-8-12-25(22)29(40)32(42)39-15-16-47-26(20-39)21-9-5-4-6-10-21/h4-14,17-18,26,29-30H,15-16,19-20H2,1-3H3,(H,38,41)(H2,44,45,46)/t26-,29?,30+/m0/s1. The van der Waals surface area contributed by atoms with E-state index in [0.29, 0.717) is 24.4 Å². The van der Waals surface area contributed by atoms with Crippen molar-refractivity contribution >= 4 is 46.7 Å². The summed E-state index contributed by atoms with van der Waals surface area (Å²) in [6.07, 6.45) is -0.318. The molecule has 0 bridgehead atoms. The van der Waals surface area contributed by atoms with E-state index in [2.05, 4.69) is 5.32 Å². The van der Waals surface area contributed by atoms with Gasteiger partial charge in [0.1, 0.15) is 18.2 Å². The molecule has 0 aliphatic carbocycles. The van der Waals surface area contributed by atoms with E-state index in [9.17, 15) is 27.7 Å². The smallest absolute Gasteiger partial charge is 0.370 e. The lowest BCUT2D eigenvalue weighted by Gasteiger charge is -2.39. The summed E-state index contributed by atoms with van der Waals surface area (Å²) in [7, 11) is -5.79. The van der Waals surface area contributed by atoms with Crippen LogP contribution in [-0.2, 0) is 31.1 Å². The Kier molecular flexibility index (Phi) is 9.27. The van der Waals surface area contributed by atoms with Crippen LogP contribution in [0, 0.1) is 5.41 Å². The Morgan fingerprint density at radius 3 is 2.39 bits per heavy atom. The number of hydrogen-bond donors (Lipinski definition) is 3. The zero-order valence-corrected chi connectivity index (χ0v) is 28.7. The Bertz CT molecular complexity index is 1960. The molecule has 1 saturated heterocycles. The van der Waals surface area contributed by atoms with Crippen LogP contribution in [0.4, 0.5) is 8.78 Å². The molecule has 3 atom stereocenters. The molecule has 258 valence electrons. The Balaban J connectivity index is 1.26. The molecule has 1 fully saturated rings. The number of ether oxygens (including phenoxy) is 1. The number of morpholine rings is 1. The van der Waals surface area contributed by atoms with Gasteiger partial charge in [-0.1, -0.05) is 81.4 Å². The van der Waals surface area contributed by atoms with Gasteiger partial charge in [0, 0.05) is 23.4 Å². The number of carbonyl (C=O) groups is 3. The monoisotopic (exact) mass is 711 g/mol. The summed E-state index contributed by atoms with van der Waals surface area (Å²) < 4.78 is 46.6. The quantitative estimate of drug-likeness (QED) is 0.202. The molecular formula is C35H36F2N3O7PS. The Morgan fingerprint density at radius 1 is 1.00 bits per heavy atom. The molecule has 3 aromatic carbocycles. The molecule has 3 amide bonds. The first-order valence-corrected chi connectivity index (χ1v) is 18.1. The van der Waals surface area contributed by atoms with Crippen LogP contribution in [0.15, 0.2) is 78.9 Å². The lowest BCUT2D eigenvalue weighted by molar-refractivity contribution is -0.152. The first kappa shape index (κ1) is 34.8. The number of rotatable bonds is 7. The van der Waals surface area contributed by atoms with Crippen molar-refractivity contribution in [3.05, 3.63) is 106 Å². The zero-order valence-electron chi connectivity index (χ0n) is 27.0. The van der Waals surface area contributed by atoms with Crippen LogP contribution in [0.25, 0.3) is 10.1 Å². The maximum absolute atomic E-state index is 14.5. The number of alkyl halides is 2. The topological polar surface area (TPSA) is 136 Å². The van der Waals surface area contributed by atoms with Crippen molar-refractivity contribution in [2.45, 2.75) is 51.2 Å². The number of halogens is 2. The molecule has 0 radical (unpaired) electrons. The van der Waals surface area contributed by atoms with Gasteiger partial charge in [-0.15, -0.1) is 11.3 Å². The van der Waals surface area contributed by atoms with Gasteiger partial charge >= 0.3 is 13.3 Å². The first-order chi connectivity index (χ1) is 23.1. The van der Waals surface area contributed by atoms with Crippen LogP contribution >= 0.6 is 18.9 Å². The number of thiophene rings is 1. The van der Waals surface area contributed by atoms with Crippen molar-refractivity contribution < 1.29 is 42.3 Å². The van der Waals surface area contributed by atoms with Crippen LogP contribution in [0.2, 0.25) is 0 Å². The van der Waals surface area contributed by atoms with Gasteiger partial charge in [0.15, 0.2) is 0 Å². The Labute approximate surface area is 285 Å². The van der Waals surface area contributed by atoms with Gasteiger partial charge in [0.25, 0.3) is 5.91 Å². The van der Waals surface area contributed by atoms with Crippen molar-refractivity contribution in [2.75, 3.05) is 19.7 Å². The number of hydrogen-bond acceptors (Lipinski definition) is 6. The van der Waals surface area contributed by atoms with Crippen molar-refractivity contribution in [3.63, 3.8) is 0 Å². The Hall–Kier alpha value is -4.00. The summed E-state index contributed by atoms with van der Waals surface area (Å²) in [5.74, 6) is -1.32. The molecule has 10 nitrogen and oxygen atoms in total. The second-order valence-corrected chi connectivity index (χ2v) is 16.1. The van der Waals surface area contributed by atoms with Crippen molar-refractivity contribution in [1.29, 1.82) is 0 Å². The molecule has 0 saturated carbocycles. The summed E-state index contributed by atoms with van der Waals surface area (Å²) in [5.41, 5.74) is -3.59. The van der Waals surface area contributed by atoms with E-state index in [4.69, 9.17) is 14.5 Å². The van der Waals surface area contributed by atoms with Crippen LogP contribution in [0.3, 0.4) is 0 Å². The minimum absolute atomic E-state index is 0.117. The first-order valence-electron chi connectivity index (χ1n) is 15.7. The lowest BCUT2D eigenvalue weighted by Crippen LogP contribution is -2.56. The van der Waals surface area contributed by atoms with E-state index >= 15 is 0 Å². The molecular weight excluding hydrogens is 675 g/mol. The number of nitrogens with one attached hydrogen (secondary N) is 1. The fraction of sp³-hybridized carbons (Fsp3) is 0.343. The van der Waals surface area contributed by atoms with E-state index in [1.807, 2.05) is 54.6 Å². The minimum Gasteiger partial charge on any atom is -0.370 e. The highest BCUT2D eigenvalue weighted by atomic mass is 32.1. The number of nitrogens with zero attached hydrogens (tertiary/aromatic N) is 2. The molecule has 6 rings (SSSR count). The number of fused-ring (bicyclic) bond motifs is 2. The molecule has 2 aliphatic rings. The van der Waals surface area contributed by atoms with Gasteiger partial charge in [0.2, 0.25) is 11.8 Å². The minimum atomic E-state index is -5.79. The summed E-state index contributed by atoms with van der Waals surface area (Å²) in [6, 6.07) is 19.5. The second-order valence-electron chi connectivity index (χ2n) is 13.3. The zero-order chi connectivity index (χ0) is 35.3. The molecule has 1 aromatic heterocycles. The third-order valence-electron chi connectivity index (χ3n) is 8.91. The molecule has 49 heavy (non-hydrogen) atoms.